The van der Waals surface area contributed by atoms with Crippen molar-refractivity contribution in [2.45, 2.75) is 123 Å². The maximum Gasteiger partial charge on any atom is 0.341 e. The van der Waals surface area contributed by atoms with E-state index in [0.29, 0.717) is 0 Å². The van der Waals surface area contributed by atoms with E-state index in [2.05, 4.69) is 0 Å². The smallest absolute Gasteiger partial charge is 0.341 e. The van der Waals surface area contributed by atoms with E-state index in [0.717, 1.165) is 0 Å². The van der Waals surface area contributed by atoms with E-state index in [9.17, 15) is 39.3 Å². The van der Waals surface area contributed by atoms with Crippen LogP contribution in [0.4, 0.5) is 0 Å². The lowest BCUT2D eigenvalue weighted by Crippen LogP contribution is -2.76. The summed E-state index contributed by atoms with van der Waals surface area (Å²) in [6, 6.07) is 0. The lowest BCUT2D eigenvalue weighted by Gasteiger charge is -2.67. The van der Waals surface area contributed by atoms with Gasteiger partial charge in [0.05, 0.1) is 11.5 Å². The molecule has 0 bridgehead atoms. The quantitative estimate of drug-likeness (QED) is 0.161. The van der Waals surface area contributed by atoms with E-state index in [1.54, 1.807) is 13.8 Å². The summed E-state index contributed by atoms with van der Waals surface area (Å²) in [5, 5.41) is 36.5. The molecule has 5 saturated carbocycles. The van der Waals surface area contributed by atoms with Crippen molar-refractivity contribution in [2.75, 3.05) is 0 Å². The maximum atomic E-state index is 14.5. The number of rotatable bonds is 3. The van der Waals surface area contributed by atoms with Crippen molar-refractivity contribution in [1.82, 2.24) is 0 Å². The third kappa shape index (κ3) is 3.53. The fourth-order valence-electron chi connectivity index (χ4n) is 13.5. The maximum absolute atomic E-state index is 14.5. The SMILES string of the molecule is CC(=O)O[C@H]1[C@@H]2[C@H]([C@H](C)[C@@H]3O[C@@]34OC(=O)[C@@](C)(O)[C@]24C)[C@]2(C)[C@@H]1C1[C@H]([C@H](C)[C@@H]2OC(C)=O)[C@]2(C)[C@H](C[C@@H]3O[C@@H]3[C@@H]2OC(C)=O)C(=O)C1(O)O. The van der Waals surface area contributed by atoms with Crippen molar-refractivity contribution in [3.63, 3.8) is 0 Å². The molecule has 3 saturated heterocycles. The Hall–Kier alpha value is -2.65. The predicted octanol–water partition coefficient (Wildman–Crippen LogP) is 0.648. The Kier molecular flexibility index (Phi) is 6.43. The molecule has 8 aliphatic rings. The van der Waals surface area contributed by atoms with Gasteiger partial charge in [-0.3, -0.25) is 19.2 Å². The van der Waals surface area contributed by atoms with E-state index in [1.807, 2.05) is 20.8 Å². The van der Waals surface area contributed by atoms with Gasteiger partial charge < -0.3 is 43.7 Å². The normalized spacial score (nSPS) is 58.2. The summed E-state index contributed by atoms with van der Waals surface area (Å²) < 4.78 is 36.4. The molecule has 0 aromatic carbocycles. The molecule has 0 amide bonds. The van der Waals surface area contributed by atoms with Crippen LogP contribution in [0.2, 0.25) is 0 Å². The number of ketones is 1. The van der Waals surface area contributed by atoms with E-state index in [1.165, 1.54) is 27.7 Å². The second-order valence-electron chi connectivity index (χ2n) is 17.1. The van der Waals surface area contributed by atoms with Crippen LogP contribution < -0.4 is 0 Å². The molecule has 3 N–H and O–H groups in total. The molecule has 1 spiro atoms. The van der Waals surface area contributed by atoms with Gasteiger partial charge in [0.15, 0.2) is 11.4 Å². The average Bonchev–Trinajstić information content (AvgIpc) is 3.88. The van der Waals surface area contributed by atoms with Crippen molar-refractivity contribution in [2.24, 2.45) is 63.6 Å². The summed E-state index contributed by atoms with van der Waals surface area (Å²) >= 11 is 0. The number of aliphatic hydroxyl groups is 3. The standard InChI is InChI=1S/C35H46O14/c1-11-18-20(34(42,43)25(39)16-10-17-23(47-17)28(30(16,18)6)46-15(5)38)21-24(44-13(3)36)22-19(31(21,7)26(11)45-14(4)37)12(2)27-35(48-27)32(22,8)33(9,41)29(40)49-35/h11-12,16-24,26-28,41-43H,10H2,1-9H3/t11-,12-,16+,17-,18-,19-,20?,21+,22-,23-,24+,26-,27-,28-,30-,31+,32-,33+,35+/m0/s1. The van der Waals surface area contributed by atoms with Gasteiger partial charge in [0.25, 0.3) is 0 Å². The summed E-state index contributed by atoms with van der Waals surface area (Å²) in [5.74, 6) is -15.1. The number of epoxide rings is 2. The number of Topliss-reactive ketones (excluding diaryl/α,β-unsaturated/α-hetero) is 1. The van der Waals surface area contributed by atoms with Gasteiger partial charge in [0.1, 0.15) is 30.5 Å². The molecule has 5 aliphatic carbocycles. The van der Waals surface area contributed by atoms with Crippen LogP contribution in [0.15, 0.2) is 0 Å². The Labute approximate surface area is 283 Å². The average molecular weight is 691 g/mol. The number of hydrogen-bond donors (Lipinski definition) is 3. The highest BCUT2D eigenvalue weighted by Crippen LogP contribution is 2.81. The van der Waals surface area contributed by atoms with Crippen molar-refractivity contribution in [3.8, 4) is 0 Å². The highest BCUT2D eigenvalue weighted by molar-refractivity contribution is 5.90. The lowest BCUT2D eigenvalue weighted by atomic mass is 9.39. The van der Waals surface area contributed by atoms with Gasteiger partial charge in [0, 0.05) is 55.3 Å². The third-order valence-electron chi connectivity index (χ3n) is 15.2. The van der Waals surface area contributed by atoms with Crippen molar-refractivity contribution in [3.05, 3.63) is 0 Å². The first-order valence-electron chi connectivity index (χ1n) is 17.4. The van der Waals surface area contributed by atoms with Crippen LogP contribution in [-0.4, -0.2) is 98.8 Å². The van der Waals surface area contributed by atoms with Crippen LogP contribution >= 0.6 is 0 Å². The van der Waals surface area contributed by atoms with Crippen LogP contribution in [0.5, 0.6) is 0 Å². The summed E-state index contributed by atoms with van der Waals surface area (Å²) in [4.78, 5) is 66.7. The first-order valence-corrected chi connectivity index (χ1v) is 17.4. The summed E-state index contributed by atoms with van der Waals surface area (Å²) in [6.07, 6.45) is -4.57. The molecule has 14 heteroatoms. The molecular formula is C35H46O14. The molecule has 14 nitrogen and oxygen atoms in total. The second-order valence-corrected chi connectivity index (χ2v) is 17.1. The highest BCUT2D eigenvalue weighted by Gasteiger charge is 2.93. The van der Waals surface area contributed by atoms with Gasteiger partial charge in [-0.2, -0.15) is 0 Å². The van der Waals surface area contributed by atoms with E-state index in [-0.39, 0.29) is 6.42 Å². The first kappa shape index (κ1) is 33.5. The largest absolute Gasteiger partial charge is 0.462 e. The fraction of sp³-hybridized carbons (Fsp3) is 0.857. The molecule has 8 rings (SSSR count). The molecule has 0 aromatic heterocycles. The van der Waals surface area contributed by atoms with Gasteiger partial charge in [-0.15, -0.1) is 0 Å². The van der Waals surface area contributed by atoms with Crippen LogP contribution in [-0.2, 0) is 52.4 Å². The molecule has 1 unspecified atom stereocenters. The summed E-state index contributed by atoms with van der Waals surface area (Å²) in [5.41, 5.74) is -6.14. The first-order chi connectivity index (χ1) is 22.6. The van der Waals surface area contributed by atoms with Gasteiger partial charge in [-0.1, -0.05) is 27.7 Å². The number of carbonyl (C=O) groups excluding carboxylic acids is 5. The van der Waals surface area contributed by atoms with Gasteiger partial charge in [-0.25, -0.2) is 4.79 Å². The Morgan fingerprint density at radius 3 is 1.92 bits per heavy atom. The second kappa shape index (κ2) is 9.41. The van der Waals surface area contributed by atoms with Crippen molar-refractivity contribution in [1.29, 1.82) is 0 Å². The van der Waals surface area contributed by atoms with Crippen molar-refractivity contribution < 1.29 is 67.7 Å². The molecule has 0 radical (unpaired) electrons. The predicted molar refractivity (Wildman–Crippen MR) is 160 cm³/mol. The molecule has 3 aliphatic heterocycles. The monoisotopic (exact) mass is 690 g/mol. The van der Waals surface area contributed by atoms with Crippen LogP contribution in [0.3, 0.4) is 0 Å². The minimum absolute atomic E-state index is 0.175. The van der Waals surface area contributed by atoms with Crippen LogP contribution in [0.1, 0.15) is 68.7 Å². The molecule has 270 valence electrons. The Bertz CT molecular complexity index is 1590. The van der Waals surface area contributed by atoms with Gasteiger partial charge in [0.2, 0.25) is 11.6 Å². The molecule has 8 fully saturated rings. The molecule has 49 heavy (non-hydrogen) atoms. The minimum Gasteiger partial charge on any atom is -0.462 e. The Morgan fingerprint density at radius 2 is 1.33 bits per heavy atom. The Balaban J connectivity index is 1.40. The van der Waals surface area contributed by atoms with Gasteiger partial charge in [-0.05, 0) is 43.9 Å². The number of hydrogen-bond acceptors (Lipinski definition) is 14. The molecule has 19 atom stereocenters. The van der Waals surface area contributed by atoms with Crippen LogP contribution in [0.25, 0.3) is 0 Å². The summed E-state index contributed by atoms with van der Waals surface area (Å²) in [6.45, 7) is 14.1. The number of esters is 4. The van der Waals surface area contributed by atoms with E-state index < -0.39 is 147 Å². The molecular weight excluding hydrogens is 644 g/mol. The third-order valence-corrected chi connectivity index (χ3v) is 15.2. The molecule has 3 heterocycles. The topological polar surface area (TPSA) is 208 Å². The fourth-order valence-corrected chi connectivity index (χ4v) is 13.5. The minimum atomic E-state index is -2.96. The zero-order valence-electron chi connectivity index (χ0n) is 29.1. The van der Waals surface area contributed by atoms with Crippen LogP contribution in [0, 0.1) is 63.6 Å². The number of fused-ring (bicyclic) bond motifs is 9. The number of carbonyl (C=O) groups is 5. The molecule has 0 aromatic rings. The highest BCUT2D eigenvalue weighted by atomic mass is 16.8. The van der Waals surface area contributed by atoms with Gasteiger partial charge >= 0.3 is 23.9 Å². The van der Waals surface area contributed by atoms with E-state index in [4.69, 9.17) is 28.4 Å². The lowest BCUT2D eigenvalue weighted by molar-refractivity contribution is -0.313. The van der Waals surface area contributed by atoms with Crippen molar-refractivity contribution >= 4 is 29.7 Å². The number of ether oxygens (including phenoxy) is 6. The van der Waals surface area contributed by atoms with E-state index >= 15 is 0 Å². The zero-order chi connectivity index (χ0) is 35.9. The zero-order valence-corrected chi connectivity index (χ0v) is 29.1. The Morgan fingerprint density at radius 1 is 0.755 bits per heavy atom. The summed E-state index contributed by atoms with van der Waals surface area (Å²) in [7, 11) is 0.